The topological polar surface area (TPSA) is 156 Å². The van der Waals surface area contributed by atoms with Crippen molar-refractivity contribution in [2.75, 3.05) is 6.61 Å². The first kappa shape index (κ1) is 22.2. The highest BCUT2D eigenvalue weighted by atomic mass is 127. The quantitative estimate of drug-likeness (QED) is 0.259. The van der Waals surface area contributed by atoms with Gasteiger partial charge in [-0.15, -0.1) is 0 Å². The third-order valence-corrected chi connectivity index (χ3v) is 6.32. The maximum absolute atomic E-state index is 13.6. The number of aliphatic hydroxyl groups is 1. The highest BCUT2D eigenvalue weighted by Crippen LogP contribution is 2.49. The summed E-state index contributed by atoms with van der Waals surface area (Å²) in [4.78, 5) is 38.1. The second-order valence-corrected chi connectivity index (χ2v) is 9.31. The van der Waals surface area contributed by atoms with E-state index >= 15 is 0 Å². The molecule has 14 heteroatoms. The van der Waals surface area contributed by atoms with Crippen molar-refractivity contribution in [1.29, 1.82) is 0 Å². The molecule has 1 fully saturated rings. The summed E-state index contributed by atoms with van der Waals surface area (Å²) in [7, 11) is -4.68. The molecular weight excluding hydrogens is 551 g/mol. The smallest absolute Gasteiger partial charge is 0.402 e. The Morgan fingerprint density at radius 3 is 2.90 bits per heavy atom. The van der Waals surface area contributed by atoms with Crippen LogP contribution in [0.3, 0.4) is 0 Å². The van der Waals surface area contributed by atoms with Gasteiger partial charge in [0.2, 0.25) is 5.82 Å². The number of phosphoric acid groups is 1. The van der Waals surface area contributed by atoms with Gasteiger partial charge in [-0.1, -0.05) is 0 Å². The average molecular weight is 567 g/mol. The molecule has 0 bridgehead atoms. The van der Waals surface area contributed by atoms with Crippen molar-refractivity contribution < 1.29 is 32.7 Å². The van der Waals surface area contributed by atoms with Crippen LogP contribution in [0.2, 0.25) is 0 Å². The Morgan fingerprint density at radius 1 is 1.39 bits per heavy atom. The van der Waals surface area contributed by atoms with E-state index in [0.717, 1.165) is 8.14 Å². The van der Waals surface area contributed by atoms with Crippen molar-refractivity contribution in [2.24, 2.45) is 0 Å². The van der Waals surface area contributed by atoms with Gasteiger partial charge in [0.05, 0.1) is 12.8 Å². The van der Waals surface area contributed by atoms with Crippen LogP contribution in [0.15, 0.2) is 40.2 Å². The number of H-pyrrole nitrogens is 2. The minimum atomic E-state index is -4.68. The van der Waals surface area contributed by atoms with E-state index in [1.165, 1.54) is 6.20 Å². The lowest BCUT2D eigenvalue weighted by atomic mass is 10.2. The Kier molecular flexibility index (Phi) is 6.07. The average Bonchev–Trinajstić information content (AvgIpc) is 3.27. The highest BCUT2D eigenvalue weighted by molar-refractivity contribution is 14.1. The summed E-state index contributed by atoms with van der Waals surface area (Å²) in [5, 5.41) is 10.1. The molecule has 0 aliphatic carbocycles. The molecule has 1 aromatic carbocycles. The zero-order chi connectivity index (χ0) is 22.3. The molecule has 3 aromatic rings. The lowest BCUT2D eigenvalue weighted by molar-refractivity contribution is -0.0452. The minimum Gasteiger partial charge on any atom is -0.402 e. The van der Waals surface area contributed by atoms with Gasteiger partial charge < -0.3 is 19.4 Å². The Morgan fingerprint density at radius 2 is 2.16 bits per heavy atom. The number of fused-ring (bicyclic) bond motifs is 1. The predicted octanol–water partition coefficient (Wildman–Crippen LogP) is 1.61. The van der Waals surface area contributed by atoms with E-state index in [0.29, 0.717) is 17.1 Å². The van der Waals surface area contributed by atoms with E-state index in [2.05, 4.69) is 27.6 Å². The van der Waals surface area contributed by atoms with E-state index in [9.17, 15) is 28.5 Å². The molecule has 4 unspecified atom stereocenters. The van der Waals surface area contributed by atoms with Crippen LogP contribution in [0.1, 0.15) is 12.6 Å². The first-order valence-electron chi connectivity index (χ1n) is 8.91. The van der Waals surface area contributed by atoms with E-state index in [1.807, 2.05) is 6.07 Å². The molecule has 4 rings (SSSR count). The van der Waals surface area contributed by atoms with Crippen LogP contribution >= 0.6 is 30.4 Å². The third-order valence-electron chi connectivity index (χ3n) is 4.68. The Labute approximate surface area is 186 Å². The fourth-order valence-electron chi connectivity index (χ4n) is 3.28. The molecule has 1 aliphatic heterocycles. The fraction of sp³-hybridized carbons (Fsp3) is 0.294. The van der Waals surface area contributed by atoms with Gasteiger partial charge in [0, 0.05) is 27.1 Å². The van der Waals surface area contributed by atoms with E-state index in [1.54, 1.807) is 17.1 Å². The van der Waals surface area contributed by atoms with Gasteiger partial charge in [-0.25, -0.2) is 9.36 Å². The zero-order valence-electron chi connectivity index (χ0n) is 15.5. The molecule has 0 saturated carbocycles. The minimum absolute atomic E-state index is 0.0919. The predicted molar refractivity (Wildman–Crippen MR) is 113 cm³/mol. The summed E-state index contributed by atoms with van der Waals surface area (Å²) < 4.78 is 43.7. The number of rotatable bonds is 6. The molecule has 3 heterocycles. The third kappa shape index (κ3) is 4.61. The zero-order valence-corrected chi connectivity index (χ0v) is 18.6. The van der Waals surface area contributed by atoms with Crippen molar-refractivity contribution in [1.82, 2.24) is 14.5 Å². The van der Waals surface area contributed by atoms with Crippen molar-refractivity contribution in [2.45, 2.75) is 24.9 Å². The molecule has 1 aliphatic rings. The standard InChI is InChI=1S/C17H16FIN3O8P/c18-10-6-22(17(25)21-16(10)24)15-4-12(14(7-23)28-15)29-31(26,27)30-13-5-20-11-2-1-8(19)3-9(11)13/h1-3,5-6,12,14-15,20,23H,4,7H2,(H,26,27)(H,21,24,25). The van der Waals surface area contributed by atoms with Crippen molar-refractivity contribution in [3.05, 3.63) is 60.8 Å². The monoisotopic (exact) mass is 567 g/mol. The number of hydrogen-bond acceptors (Lipinski definition) is 7. The van der Waals surface area contributed by atoms with Gasteiger partial charge in [-0.2, -0.15) is 4.39 Å². The lowest BCUT2D eigenvalue weighted by Crippen LogP contribution is -2.34. The fourth-order valence-corrected chi connectivity index (χ4v) is 4.78. The Balaban J connectivity index is 1.54. The van der Waals surface area contributed by atoms with Gasteiger partial charge in [-0.3, -0.25) is 23.8 Å². The summed E-state index contributed by atoms with van der Waals surface area (Å²) >= 11 is 2.09. The lowest BCUT2D eigenvalue weighted by Gasteiger charge is -2.19. The first-order chi connectivity index (χ1) is 14.7. The van der Waals surface area contributed by atoms with E-state index < -0.39 is 49.9 Å². The van der Waals surface area contributed by atoms with E-state index in [4.69, 9.17) is 13.8 Å². The summed E-state index contributed by atoms with van der Waals surface area (Å²) in [6.07, 6.45) is -1.51. The van der Waals surface area contributed by atoms with Gasteiger partial charge in [0.1, 0.15) is 18.4 Å². The number of ether oxygens (including phenoxy) is 1. The van der Waals surface area contributed by atoms with Crippen LogP contribution in [0, 0.1) is 9.39 Å². The molecule has 0 spiro atoms. The SMILES string of the molecule is O=c1[nH]c(=O)n(C2CC(OP(=O)(O)Oc3c[nH]c4ccc(I)cc34)C(CO)O2)cc1F. The van der Waals surface area contributed by atoms with Crippen molar-refractivity contribution in [3.8, 4) is 5.75 Å². The second kappa shape index (κ2) is 8.48. The molecule has 31 heavy (non-hydrogen) atoms. The number of aliphatic hydroxyl groups excluding tert-OH is 1. The largest absolute Gasteiger partial charge is 0.527 e. The number of aromatic amines is 2. The van der Waals surface area contributed by atoms with Gasteiger partial charge >= 0.3 is 13.5 Å². The van der Waals surface area contributed by atoms with Crippen LogP contribution in [0.4, 0.5) is 4.39 Å². The Bertz CT molecular complexity index is 1290. The molecule has 166 valence electrons. The number of aromatic nitrogens is 3. The summed E-state index contributed by atoms with van der Waals surface area (Å²) in [5.41, 5.74) is -1.44. The van der Waals surface area contributed by atoms with Crippen molar-refractivity contribution >= 4 is 41.3 Å². The Hall–Kier alpha value is -2.03. The molecule has 4 N–H and O–H groups in total. The number of nitrogens with one attached hydrogen (secondary N) is 2. The van der Waals surface area contributed by atoms with Crippen LogP contribution in [0.25, 0.3) is 10.9 Å². The van der Waals surface area contributed by atoms with Gasteiger partial charge in [0.15, 0.2) is 5.75 Å². The van der Waals surface area contributed by atoms with Crippen LogP contribution in [-0.4, -0.2) is 43.3 Å². The molecule has 0 amide bonds. The van der Waals surface area contributed by atoms with Crippen LogP contribution in [-0.2, 0) is 13.8 Å². The van der Waals surface area contributed by atoms with E-state index in [-0.39, 0.29) is 12.2 Å². The molecule has 0 radical (unpaired) electrons. The second-order valence-electron chi connectivity index (χ2n) is 6.74. The number of nitrogens with zero attached hydrogens (tertiary/aromatic N) is 1. The van der Waals surface area contributed by atoms with Crippen LogP contribution < -0.4 is 15.8 Å². The number of phosphoric ester groups is 1. The number of benzene rings is 1. The maximum atomic E-state index is 13.6. The first-order valence-corrected chi connectivity index (χ1v) is 11.5. The van der Waals surface area contributed by atoms with Gasteiger partial charge in [-0.05, 0) is 40.8 Å². The summed E-state index contributed by atoms with van der Waals surface area (Å²) in [6, 6.07) is 5.39. The molecule has 2 aromatic heterocycles. The number of hydrogen-bond donors (Lipinski definition) is 4. The molecular formula is C17H16FIN3O8P. The number of halogens is 2. The summed E-state index contributed by atoms with van der Waals surface area (Å²) in [6.45, 7) is -0.604. The molecule has 4 atom stereocenters. The highest BCUT2D eigenvalue weighted by Gasteiger charge is 2.42. The van der Waals surface area contributed by atoms with Gasteiger partial charge in [0.25, 0.3) is 5.56 Å². The van der Waals surface area contributed by atoms with Crippen LogP contribution in [0.5, 0.6) is 5.75 Å². The molecule has 1 saturated heterocycles. The van der Waals surface area contributed by atoms with Crippen molar-refractivity contribution in [3.63, 3.8) is 0 Å². The summed E-state index contributed by atoms with van der Waals surface area (Å²) in [5.74, 6) is -1.12. The maximum Gasteiger partial charge on any atom is 0.527 e. The normalized spacial score (nSPS) is 23.2. The molecule has 11 nitrogen and oxygen atoms in total.